The number of rotatable bonds is 2. The standard InChI is InChI=1S/C11H12N/c1-9(2)7-10-3-5-11(8-12)6-4-10/h3-6,9H,1,7H2,2H3. The van der Waals surface area contributed by atoms with Gasteiger partial charge in [0.1, 0.15) is 0 Å². The van der Waals surface area contributed by atoms with Crippen LogP contribution in [0.1, 0.15) is 18.1 Å². The molecule has 0 aromatic heterocycles. The third kappa shape index (κ3) is 2.39. The molecule has 1 rings (SSSR count). The predicted molar refractivity (Wildman–Crippen MR) is 49.4 cm³/mol. The summed E-state index contributed by atoms with van der Waals surface area (Å²) in [6.07, 6.45) is 0.978. The van der Waals surface area contributed by atoms with Gasteiger partial charge in [0.25, 0.3) is 0 Å². The van der Waals surface area contributed by atoms with Gasteiger partial charge in [0.2, 0.25) is 0 Å². The molecule has 1 nitrogen and oxygen atoms in total. The SMILES string of the molecule is [CH2]C(C)Cc1ccc(C#N)cc1. The first-order valence-corrected chi connectivity index (χ1v) is 4.04. The summed E-state index contributed by atoms with van der Waals surface area (Å²) < 4.78 is 0. The van der Waals surface area contributed by atoms with Gasteiger partial charge >= 0.3 is 0 Å². The van der Waals surface area contributed by atoms with Gasteiger partial charge in [-0.25, -0.2) is 0 Å². The first-order valence-electron chi connectivity index (χ1n) is 4.04. The Bertz CT molecular complexity index is 277. The van der Waals surface area contributed by atoms with Crippen molar-refractivity contribution in [1.29, 1.82) is 5.26 Å². The minimum absolute atomic E-state index is 0.429. The minimum Gasteiger partial charge on any atom is -0.192 e. The summed E-state index contributed by atoms with van der Waals surface area (Å²) in [6, 6.07) is 9.75. The van der Waals surface area contributed by atoms with Crippen LogP contribution in [-0.4, -0.2) is 0 Å². The molecule has 0 saturated carbocycles. The van der Waals surface area contributed by atoms with Crippen molar-refractivity contribution in [2.75, 3.05) is 0 Å². The summed E-state index contributed by atoms with van der Waals surface area (Å²) in [4.78, 5) is 0. The maximum Gasteiger partial charge on any atom is 0.0991 e. The van der Waals surface area contributed by atoms with Crippen LogP contribution in [0.2, 0.25) is 0 Å². The van der Waals surface area contributed by atoms with Crippen LogP contribution in [0, 0.1) is 24.2 Å². The Morgan fingerprint density at radius 1 is 1.42 bits per heavy atom. The Labute approximate surface area is 73.6 Å². The van der Waals surface area contributed by atoms with E-state index in [0.717, 1.165) is 12.0 Å². The van der Waals surface area contributed by atoms with Crippen molar-refractivity contribution in [3.63, 3.8) is 0 Å². The van der Waals surface area contributed by atoms with Crippen LogP contribution in [-0.2, 0) is 6.42 Å². The molecule has 0 amide bonds. The van der Waals surface area contributed by atoms with Crippen molar-refractivity contribution < 1.29 is 0 Å². The Morgan fingerprint density at radius 2 is 2.00 bits per heavy atom. The van der Waals surface area contributed by atoms with E-state index in [9.17, 15) is 0 Å². The molecule has 1 heteroatoms. The Kier molecular flexibility index (Phi) is 2.88. The van der Waals surface area contributed by atoms with Gasteiger partial charge in [0, 0.05) is 0 Å². The summed E-state index contributed by atoms with van der Waals surface area (Å²) >= 11 is 0. The first-order chi connectivity index (χ1) is 5.72. The van der Waals surface area contributed by atoms with E-state index in [0.29, 0.717) is 5.92 Å². The third-order valence-corrected chi connectivity index (χ3v) is 1.67. The van der Waals surface area contributed by atoms with E-state index in [1.165, 1.54) is 5.56 Å². The van der Waals surface area contributed by atoms with E-state index in [-0.39, 0.29) is 0 Å². The van der Waals surface area contributed by atoms with Crippen LogP contribution in [0.25, 0.3) is 0 Å². The molecular formula is C11H12N. The van der Waals surface area contributed by atoms with Crippen molar-refractivity contribution >= 4 is 0 Å². The molecule has 1 unspecified atom stereocenters. The highest BCUT2D eigenvalue weighted by Gasteiger charge is 1.96. The second-order valence-corrected chi connectivity index (χ2v) is 3.12. The van der Waals surface area contributed by atoms with Gasteiger partial charge in [-0.05, 0) is 30.0 Å². The van der Waals surface area contributed by atoms with Gasteiger partial charge in [-0.2, -0.15) is 5.26 Å². The highest BCUT2D eigenvalue weighted by Crippen LogP contribution is 2.08. The predicted octanol–water partition coefficient (Wildman–Crippen LogP) is 2.57. The van der Waals surface area contributed by atoms with Crippen LogP contribution in [0.4, 0.5) is 0 Å². The molecule has 12 heavy (non-hydrogen) atoms. The van der Waals surface area contributed by atoms with E-state index in [1.54, 1.807) is 0 Å². The molecule has 0 aliphatic carbocycles. The highest BCUT2D eigenvalue weighted by molar-refractivity contribution is 5.31. The number of hydrogen-bond donors (Lipinski definition) is 0. The van der Waals surface area contributed by atoms with E-state index in [4.69, 9.17) is 5.26 Å². The zero-order valence-corrected chi connectivity index (χ0v) is 7.25. The highest BCUT2D eigenvalue weighted by atomic mass is 14.2. The Hall–Kier alpha value is -1.29. The van der Waals surface area contributed by atoms with Crippen molar-refractivity contribution in [3.8, 4) is 6.07 Å². The average molecular weight is 158 g/mol. The maximum absolute atomic E-state index is 8.55. The van der Waals surface area contributed by atoms with Crippen LogP contribution >= 0.6 is 0 Å². The van der Waals surface area contributed by atoms with E-state index < -0.39 is 0 Å². The topological polar surface area (TPSA) is 23.8 Å². The number of nitriles is 1. The molecule has 1 atom stereocenters. The zero-order valence-electron chi connectivity index (χ0n) is 7.25. The molecule has 0 bridgehead atoms. The quantitative estimate of drug-likeness (QED) is 0.649. The zero-order chi connectivity index (χ0) is 8.97. The van der Waals surface area contributed by atoms with Gasteiger partial charge in [-0.15, -0.1) is 0 Å². The van der Waals surface area contributed by atoms with Crippen molar-refractivity contribution in [1.82, 2.24) is 0 Å². The summed E-state index contributed by atoms with van der Waals surface area (Å²) in [7, 11) is 0. The number of benzene rings is 1. The fraction of sp³-hybridized carbons (Fsp3) is 0.273. The van der Waals surface area contributed by atoms with Crippen LogP contribution in [0.3, 0.4) is 0 Å². The fourth-order valence-electron chi connectivity index (χ4n) is 1.12. The fourth-order valence-corrected chi connectivity index (χ4v) is 1.12. The van der Waals surface area contributed by atoms with Crippen LogP contribution in [0.5, 0.6) is 0 Å². The Morgan fingerprint density at radius 3 is 2.42 bits per heavy atom. The molecule has 1 aromatic rings. The molecule has 0 saturated heterocycles. The number of nitrogens with zero attached hydrogens (tertiary/aromatic N) is 1. The molecule has 1 aromatic carbocycles. The summed E-state index contributed by atoms with van der Waals surface area (Å²) in [5, 5.41) is 8.55. The molecule has 0 heterocycles. The molecule has 0 fully saturated rings. The van der Waals surface area contributed by atoms with Crippen molar-refractivity contribution in [2.24, 2.45) is 5.92 Å². The lowest BCUT2D eigenvalue weighted by Gasteiger charge is -2.03. The lowest BCUT2D eigenvalue weighted by molar-refractivity contribution is 0.719. The maximum atomic E-state index is 8.55. The summed E-state index contributed by atoms with van der Waals surface area (Å²) in [5.41, 5.74) is 1.96. The summed E-state index contributed by atoms with van der Waals surface area (Å²) in [6.45, 7) is 5.99. The monoisotopic (exact) mass is 158 g/mol. The molecule has 61 valence electrons. The van der Waals surface area contributed by atoms with E-state index >= 15 is 0 Å². The second-order valence-electron chi connectivity index (χ2n) is 3.12. The lowest BCUT2D eigenvalue weighted by Crippen LogP contribution is -1.93. The van der Waals surface area contributed by atoms with Gasteiger partial charge in [-0.1, -0.05) is 26.0 Å². The number of hydrogen-bond acceptors (Lipinski definition) is 1. The van der Waals surface area contributed by atoms with E-state index in [1.807, 2.05) is 24.3 Å². The smallest absolute Gasteiger partial charge is 0.0991 e. The van der Waals surface area contributed by atoms with Gasteiger partial charge in [0.15, 0.2) is 0 Å². The largest absolute Gasteiger partial charge is 0.192 e. The van der Waals surface area contributed by atoms with Crippen LogP contribution < -0.4 is 0 Å². The van der Waals surface area contributed by atoms with Crippen molar-refractivity contribution in [3.05, 3.63) is 42.3 Å². The minimum atomic E-state index is 0.429. The second kappa shape index (κ2) is 3.92. The molecule has 0 spiro atoms. The van der Waals surface area contributed by atoms with E-state index in [2.05, 4.69) is 19.9 Å². The lowest BCUT2D eigenvalue weighted by atomic mass is 10.0. The van der Waals surface area contributed by atoms with Gasteiger partial charge < -0.3 is 0 Å². The molecule has 1 radical (unpaired) electrons. The van der Waals surface area contributed by atoms with Crippen molar-refractivity contribution in [2.45, 2.75) is 13.3 Å². The molecular weight excluding hydrogens is 146 g/mol. The van der Waals surface area contributed by atoms with Crippen LogP contribution in [0.15, 0.2) is 24.3 Å². The third-order valence-electron chi connectivity index (χ3n) is 1.67. The average Bonchev–Trinajstić information content (AvgIpc) is 2.05. The molecule has 0 N–H and O–H groups in total. The molecule has 0 aliphatic rings. The Balaban J connectivity index is 2.73. The first kappa shape index (κ1) is 8.80. The van der Waals surface area contributed by atoms with Gasteiger partial charge in [-0.3, -0.25) is 0 Å². The normalized spacial score (nSPS) is 9.83. The van der Waals surface area contributed by atoms with Gasteiger partial charge in [0.05, 0.1) is 11.6 Å². The summed E-state index contributed by atoms with van der Waals surface area (Å²) in [5.74, 6) is 0.429. The molecule has 0 aliphatic heterocycles.